The summed E-state index contributed by atoms with van der Waals surface area (Å²) < 4.78 is 24.3. The Balaban J connectivity index is 1.77. The molecule has 4 nitrogen and oxygen atoms in total. The van der Waals surface area contributed by atoms with E-state index in [0.717, 1.165) is 35.1 Å². The zero-order valence-electron chi connectivity index (χ0n) is 17.2. The van der Waals surface area contributed by atoms with E-state index < -0.39 is 0 Å². The minimum absolute atomic E-state index is 0.128. The zero-order chi connectivity index (χ0) is 20.6. The average Bonchev–Trinajstić information content (AvgIpc) is 2.98. The number of halogens is 1. The third-order valence-electron chi connectivity index (χ3n) is 5.09. The van der Waals surface area contributed by atoms with E-state index in [1.165, 1.54) is 17.2 Å². The third kappa shape index (κ3) is 5.25. The Morgan fingerprint density at radius 3 is 2.66 bits per heavy atom. The van der Waals surface area contributed by atoms with Crippen LogP contribution in [0.1, 0.15) is 36.5 Å². The van der Waals surface area contributed by atoms with Crippen molar-refractivity contribution in [3.8, 4) is 0 Å². The predicted molar refractivity (Wildman–Crippen MR) is 116 cm³/mol. The van der Waals surface area contributed by atoms with Gasteiger partial charge in [0.15, 0.2) is 0 Å². The SMILES string of the molecule is COCC(C=NCCCC1=C(C)/C(=C/c2ccncc2)c2ccc(F)cc21)OC. The molecule has 0 saturated carbocycles. The predicted octanol–water partition coefficient (Wildman–Crippen LogP) is 5.06. The lowest BCUT2D eigenvalue weighted by Gasteiger charge is -2.08. The van der Waals surface area contributed by atoms with E-state index in [2.05, 4.69) is 23.0 Å². The fourth-order valence-electron chi connectivity index (χ4n) is 3.58. The van der Waals surface area contributed by atoms with E-state index in [0.29, 0.717) is 13.2 Å². The van der Waals surface area contributed by atoms with Crippen molar-refractivity contribution in [1.29, 1.82) is 0 Å². The molecule has 1 aliphatic carbocycles. The normalized spacial score (nSPS) is 16.1. The van der Waals surface area contributed by atoms with Crippen molar-refractivity contribution in [2.45, 2.75) is 25.9 Å². The fraction of sp³-hybridized carbons (Fsp3) is 0.333. The number of rotatable bonds is 9. The lowest BCUT2D eigenvalue weighted by atomic mass is 10.0. The number of ether oxygens (including phenoxy) is 2. The number of nitrogens with zero attached hydrogens (tertiary/aromatic N) is 2. The second kappa shape index (κ2) is 10.2. The molecule has 1 unspecified atom stereocenters. The molecule has 29 heavy (non-hydrogen) atoms. The van der Waals surface area contributed by atoms with Crippen molar-refractivity contribution in [3.05, 3.63) is 70.8 Å². The molecule has 0 aliphatic heterocycles. The van der Waals surface area contributed by atoms with Gasteiger partial charge in [0.25, 0.3) is 0 Å². The maximum Gasteiger partial charge on any atom is 0.123 e. The molecule has 0 amide bonds. The number of benzene rings is 1. The molecule has 1 aliphatic rings. The quantitative estimate of drug-likeness (QED) is 0.441. The number of aromatic nitrogens is 1. The van der Waals surface area contributed by atoms with Crippen molar-refractivity contribution in [3.63, 3.8) is 0 Å². The number of aliphatic imine (C=N–C) groups is 1. The van der Waals surface area contributed by atoms with Crippen LogP contribution >= 0.6 is 0 Å². The smallest absolute Gasteiger partial charge is 0.123 e. The van der Waals surface area contributed by atoms with Crippen molar-refractivity contribution in [2.75, 3.05) is 27.4 Å². The first-order chi connectivity index (χ1) is 14.1. The van der Waals surface area contributed by atoms with Crippen LogP contribution in [0.3, 0.4) is 0 Å². The lowest BCUT2D eigenvalue weighted by Crippen LogP contribution is -2.18. The summed E-state index contributed by atoms with van der Waals surface area (Å²) in [5.41, 5.74) is 6.68. The summed E-state index contributed by atoms with van der Waals surface area (Å²) in [6, 6.07) is 9.00. The van der Waals surface area contributed by atoms with E-state index in [9.17, 15) is 4.39 Å². The molecular formula is C24H27FN2O2. The van der Waals surface area contributed by atoms with Crippen LogP contribution in [0, 0.1) is 5.82 Å². The van der Waals surface area contributed by atoms with Crippen molar-refractivity contribution in [2.24, 2.45) is 4.99 Å². The minimum atomic E-state index is -0.209. The Hall–Kier alpha value is -2.63. The number of fused-ring (bicyclic) bond motifs is 1. The summed E-state index contributed by atoms with van der Waals surface area (Å²) in [6.07, 6.45) is 9.09. The van der Waals surface area contributed by atoms with Crippen LogP contribution < -0.4 is 0 Å². The highest BCUT2D eigenvalue weighted by atomic mass is 19.1. The summed E-state index contributed by atoms with van der Waals surface area (Å²) in [4.78, 5) is 8.54. The maximum atomic E-state index is 14.0. The third-order valence-corrected chi connectivity index (χ3v) is 5.09. The van der Waals surface area contributed by atoms with Gasteiger partial charge in [-0.15, -0.1) is 0 Å². The van der Waals surface area contributed by atoms with Crippen LogP contribution in [0.25, 0.3) is 17.2 Å². The van der Waals surface area contributed by atoms with Crippen LogP contribution in [0.4, 0.5) is 4.39 Å². The first kappa shape index (κ1) is 21.1. The van der Waals surface area contributed by atoms with E-state index in [1.807, 2.05) is 18.2 Å². The van der Waals surface area contributed by atoms with Gasteiger partial charge in [-0.25, -0.2) is 4.39 Å². The topological polar surface area (TPSA) is 43.7 Å². The van der Waals surface area contributed by atoms with Gasteiger partial charge in [0.05, 0.1) is 6.61 Å². The largest absolute Gasteiger partial charge is 0.382 e. The molecule has 152 valence electrons. The average molecular weight is 394 g/mol. The highest BCUT2D eigenvalue weighted by Gasteiger charge is 2.23. The number of pyridine rings is 1. The molecule has 3 rings (SSSR count). The minimum Gasteiger partial charge on any atom is -0.382 e. The number of hydrogen-bond acceptors (Lipinski definition) is 4. The summed E-state index contributed by atoms with van der Waals surface area (Å²) in [7, 11) is 3.29. The Morgan fingerprint density at radius 2 is 1.93 bits per heavy atom. The summed E-state index contributed by atoms with van der Waals surface area (Å²) >= 11 is 0. The summed E-state index contributed by atoms with van der Waals surface area (Å²) in [5.74, 6) is -0.209. The molecule has 0 bridgehead atoms. The van der Waals surface area contributed by atoms with Gasteiger partial charge < -0.3 is 9.47 Å². The summed E-state index contributed by atoms with van der Waals surface area (Å²) in [5, 5.41) is 0. The van der Waals surface area contributed by atoms with E-state index in [-0.39, 0.29) is 11.9 Å². The van der Waals surface area contributed by atoms with Crippen molar-refractivity contribution >= 4 is 23.4 Å². The van der Waals surface area contributed by atoms with E-state index in [4.69, 9.17) is 9.47 Å². The highest BCUT2D eigenvalue weighted by Crippen LogP contribution is 2.44. The lowest BCUT2D eigenvalue weighted by molar-refractivity contribution is 0.0709. The van der Waals surface area contributed by atoms with Gasteiger partial charge in [-0.3, -0.25) is 9.98 Å². The van der Waals surface area contributed by atoms with Gasteiger partial charge in [0.2, 0.25) is 0 Å². The van der Waals surface area contributed by atoms with Crippen LogP contribution in [-0.2, 0) is 9.47 Å². The van der Waals surface area contributed by atoms with E-state index in [1.54, 1.807) is 38.9 Å². The van der Waals surface area contributed by atoms with Gasteiger partial charge in [-0.2, -0.15) is 0 Å². The molecule has 0 fully saturated rings. The molecule has 1 aromatic carbocycles. The van der Waals surface area contributed by atoms with Gasteiger partial charge in [0.1, 0.15) is 11.9 Å². The van der Waals surface area contributed by atoms with Gasteiger partial charge in [0, 0.05) is 39.4 Å². The molecule has 1 heterocycles. The standard InChI is InChI=1S/C24H27FN2O2/c1-17-21(5-4-10-27-15-20(29-3)16-28-2)24-14-19(25)6-7-22(24)23(17)13-18-8-11-26-12-9-18/h6-9,11-15,20H,4-5,10,16H2,1-3H3/b23-13-,27-15?. The number of allylic oxidation sites excluding steroid dienone is 3. The van der Waals surface area contributed by atoms with Crippen LogP contribution in [0.5, 0.6) is 0 Å². The molecule has 1 atom stereocenters. The highest BCUT2D eigenvalue weighted by molar-refractivity contribution is 6.05. The fourth-order valence-corrected chi connectivity index (χ4v) is 3.58. The van der Waals surface area contributed by atoms with Gasteiger partial charge in [-0.1, -0.05) is 6.07 Å². The number of methoxy groups -OCH3 is 2. The van der Waals surface area contributed by atoms with E-state index >= 15 is 0 Å². The van der Waals surface area contributed by atoms with Gasteiger partial charge in [-0.05, 0) is 83.5 Å². The van der Waals surface area contributed by atoms with Crippen LogP contribution in [0.2, 0.25) is 0 Å². The number of hydrogen-bond donors (Lipinski definition) is 0. The second-order valence-corrected chi connectivity index (χ2v) is 7.02. The van der Waals surface area contributed by atoms with Crippen molar-refractivity contribution < 1.29 is 13.9 Å². The van der Waals surface area contributed by atoms with Crippen molar-refractivity contribution in [1.82, 2.24) is 4.98 Å². The first-order valence-electron chi connectivity index (χ1n) is 9.78. The maximum absolute atomic E-state index is 14.0. The first-order valence-corrected chi connectivity index (χ1v) is 9.78. The molecule has 2 aromatic rings. The molecule has 5 heteroatoms. The Bertz CT molecular complexity index is 920. The van der Waals surface area contributed by atoms with Crippen LogP contribution in [-0.4, -0.2) is 44.7 Å². The molecule has 1 aromatic heterocycles. The summed E-state index contributed by atoms with van der Waals surface area (Å²) in [6.45, 7) is 3.29. The second-order valence-electron chi connectivity index (χ2n) is 7.02. The zero-order valence-corrected chi connectivity index (χ0v) is 17.2. The Labute approximate surface area is 171 Å². The van der Waals surface area contributed by atoms with Gasteiger partial charge >= 0.3 is 0 Å². The van der Waals surface area contributed by atoms with Crippen LogP contribution in [0.15, 0.2) is 53.3 Å². The monoisotopic (exact) mass is 394 g/mol. The molecule has 0 spiro atoms. The molecule has 0 N–H and O–H groups in total. The Morgan fingerprint density at radius 1 is 1.14 bits per heavy atom. The Kier molecular flexibility index (Phi) is 7.44. The molecular weight excluding hydrogens is 367 g/mol. The molecule has 0 saturated heterocycles. The molecule has 0 radical (unpaired) electrons.